The van der Waals surface area contributed by atoms with E-state index >= 15 is 0 Å². The quantitative estimate of drug-likeness (QED) is 0.765. The molecule has 1 unspecified atom stereocenters. The Morgan fingerprint density at radius 2 is 2.27 bits per heavy atom. The van der Waals surface area contributed by atoms with Crippen LogP contribution in [0.2, 0.25) is 0 Å². The van der Waals surface area contributed by atoms with E-state index < -0.39 is 0 Å². The SMILES string of the molecule is c1cc2ccc(CC3CCNC3)cc2[nH]1. The molecule has 2 N–H and O–H groups in total. The maximum absolute atomic E-state index is 3.42. The van der Waals surface area contributed by atoms with Gasteiger partial charge in [0.25, 0.3) is 0 Å². The van der Waals surface area contributed by atoms with Crippen LogP contribution in [-0.2, 0) is 6.42 Å². The van der Waals surface area contributed by atoms with Crippen molar-refractivity contribution in [1.29, 1.82) is 0 Å². The van der Waals surface area contributed by atoms with Gasteiger partial charge in [0, 0.05) is 11.7 Å². The van der Waals surface area contributed by atoms with E-state index in [1.165, 1.54) is 42.4 Å². The predicted octanol–water partition coefficient (Wildman–Crippen LogP) is 2.32. The molecule has 78 valence electrons. The molecule has 2 heteroatoms. The highest BCUT2D eigenvalue weighted by Gasteiger charge is 2.14. The normalized spacial score (nSPS) is 21.2. The first-order chi connectivity index (χ1) is 7.42. The molecule has 1 fully saturated rings. The molecule has 15 heavy (non-hydrogen) atoms. The van der Waals surface area contributed by atoms with Crippen molar-refractivity contribution in [1.82, 2.24) is 10.3 Å². The van der Waals surface area contributed by atoms with Crippen LogP contribution in [-0.4, -0.2) is 18.1 Å². The average molecular weight is 200 g/mol. The molecule has 1 aliphatic rings. The first-order valence-corrected chi connectivity index (χ1v) is 5.68. The van der Waals surface area contributed by atoms with Gasteiger partial charge in [0.1, 0.15) is 0 Å². The fourth-order valence-electron chi connectivity index (χ4n) is 2.44. The maximum atomic E-state index is 3.42. The summed E-state index contributed by atoms with van der Waals surface area (Å²) in [6.07, 6.45) is 4.54. The maximum Gasteiger partial charge on any atom is 0.0456 e. The van der Waals surface area contributed by atoms with Crippen LogP contribution < -0.4 is 5.32 Å². The van der Waals surface area contributed by atoms with Crippen molar-refractivity contribution in [2.75, 3.05) is 13.1 Å². The van der Waals surface area contributed by atoms with Crippen LogP contribution in [0.25, 0.3) is 10.9 Å². The Labute approximate surface area is 89.7 Å². The van der Waals surface area contributed by atoms with Crippen molar-refractivity contribution < 1.29 is 0 Å². The van der Waals surface area contributed by atoms with E-state index in [0.29, 0.717) is 0 Å². The Bertz CT molecular complexity index is 452. The van der Waals surface area contributed by atoms with Crippen LogP contribution in [0.15, 0.2) is 30.5 Å². The van der Waals surface area contributed by atoms with E-state index in [9.17, 15) is 0 Å². The van der Waals surface area contributed by atoms with Gasteiger partial charge >= 0.3 is 0 Å². The predicted molar refractivity (Wildman–Crippen MR) is 63.0 cm³/mol. The number of H-pyrrole nitrogens is 1. The number of hydrogen-bond acceptors (Lipinski definition) is 1. The van der Waals surface area contributed by atoms with Gasteiger partial charge in [-0.15, -0.1) is 0 Å². The summed E-state index contributed by atoms with van der Waals surface area (Å²) in [4.78, 5) is 3.27. The summed E-state index contributed by atoms with van der Waals surface area (Å²) in [6, 6.07) is 8.88. The molecule has 2 aromatic rings. The van der Waals surface area contributed by atoms with Gasteiger partial charge in [-0.3, -0.25) is 0 Å². The summed E-state index contributed by atoms with van der Waals surface area (Å²) in [5.41, 5.74) is 2.72. The van der Waals surface area contributed by atoms with E-state index in [2.05, 4.69) is 34.6 Å². The third-order valence-electron chi connectivity index (χ3n) is 3.31. The second kappa shape index (κ2) is 3.70. The minimum Gasteiger partial charge on any atom is -0.361 e. The molecule has 0 amide bonds. The number of fused-ring (bicyclic) bond motifs is 1. The summed E-state index contributed by atoms with van der Waals surface area (Å²) in [7, 11) is 0. The monoisotopic (exact) mass is 200 g/mol. The van der Waals surface area contributed by atoms with Gasteiger partial charge in [-0.05, 0) is 54.9 Å². The summed E-state index contributed by atoms with van der Waals surface area (Å²) in [5.74, 6) is 0.831. The molecule has 0 saturated carbocycles. The molecule has 1 aromatic heterocycles. The van der Waals surface area contributed by atoms with Gasteiger partial charge < -0.3 is 10.3 Å². The van der Waals surface area contributed by atoms with Crippen molar-refractivity contribution in [2.45, 2.75) is 12.8 Å². The lowest BCUT2D eigenvalue weighted by atomic mass is 9.98. The van der Waals surface area contributed by atoms with Gasteiger partial charge in [0.15, 0.2) is 0 Å². The number of nitrogens with one attached hydrogen (secondary N) is 2. The van der Waals surface area contributed by atoms with Crippen molar-refractivity contribution in [2.24, 2.45) is 5.92 Å². The Kier molecular flexibility index (Phi) is 2.22. The molecular weight excluding hydrogens is 184 g/mol. The topological polar surface area (TPSA) is 27.8 Å². The first-order valence-electron chi connectivity index (χ1n) is 5.68. The first kappa shape index (κ1) is 8.98. The molecule has 0 spiro atoms. The smallest absolute Gasteiger partial charge is 0.0456 e. The third kappa shape index (κ3) is 1.77. The van der Waals surface area contributed by atoms with Crippen molar-refractivity contribution in [3.05, 3.63) is 36.0 Å². The average Bonchev–Trinajstić information content (AvgIpc) is 2.87. The molecule has 1 saturated heterocycles. The number of aromatic amines is 1. The minimum atomic E-state index is 0.831. The highest BCUT2D eigenvalue weighted by molar-refractivity contribution is 5.79. The molecule has 1 aliphatic heterocycles. The second-order valence-electron chi connectivity index (χ2n) is 4.46. The van der Waals surface area contributed by atoms with Crippen molar-refractivity contribution in [3.8, 4) is 0 Å². The van der Waals surface area contributed by atoms with E-state index in [-0.39, 0.29) is 0 Å². The molecule has 0 radical (unpaired) electrons. The molecule has 1 atom stereocenters. The molecule has 0 aliphatic carbocycles. The summed E-state index contributed by atoms with van der Waals surface area (Å²) in [6.45, 7) is 2.37. The zero-order valence-electron chi connectivity index (χ0n) is 8.79. The van der Waals surface area contributed by atoms with Gasteiger partial charge in [-0.2, -0.15) is 0 Å². The summed E-state index contributed by atoms with van der Waals surface area (Å²) >= 11 is 0. The largest absolute Gasteiger partial charge is 0.361 e. The van der Waals surface area contributed by atoms with Crippen molar-refractivity contribution >= 4 is 10.9 Å². The van der Waals surface area contributed by atoms with Crippen LogP contribution in [0, 0.1) is 5.92 Å². The molecular formula is C13H16N2. The standard InChI is InChI=1S/C13H16N2/c1-2-12-4-6-15-13(12)8-10(1)7-11-3-5-14-9-11/h1-2,4,6,8,11,14-15H,3,5,7,9H2. The van der Waals surface area contributed by atoms with Gasteiger partial charge in [0.2, 0.25) is 0 Å². The van der Waals surface area contributed by atoms with Gasteiger partial charge in [0.05, 0.1) is 0 Å². The second-order valence-corrected chi connectivity index (χ2v) is 4.46. The van der Waals surface area contributed by atoms with Crippen LogP contribution in [0.3, 0.4) is 0 Å². The molecule has 1 aromatic carbocycles. The van der Waals surface area contributed by atoms with Crippen LogP contribution >= 0.6 is 0 Å². The van der Waals surface area contributed by atoms with Crippen LogP contribution in [0.4, 0.5) is 0 Å². The number of aromatic nitrogens is 1. The van der Waals surface area contributed by atoms with E-state index in [1.807, 2.05) is 6.20 Å². The Morgan fingerprint density at radius 1 is 1.27 bits per heavy atom. The Balaban J connectivity index is 1.84. The molecule has 3 rings (SSSR count). The Hall–Kier alpha value is -1.28. The lowest BCUT2D eigenvalue weighted by molar-refractivity contribution is 0.580. The summed E-state index contributed by atoms with van der Waals surface area (Å²) in [5, 5.41) is 4.73. The van der Waals surface area contributed by atoms with Gasteiger partial charge in [-0.1, -0.05) is 12.1 Å². The number of rotatable bonds is 2. The third-order valence-corrected chi connectivity index (χ3v) is 3.31. The fourth-order valence-corrected chi connectivity index (χ4v) is 2.44. The van der Waals surface area contributed by atoms with E-state index in [1.54, 1.807) is 0 Å². The zero-order valence-corrected chi connectivity index (χ0v) is 8.79. The summed E-state index contributed by atoms with van der Waals surface area (Å²) < 4.78 is 0. The van der Waals surface area contributed by atoms with Crippen LogP contribution in [0.1, 0.15) is 12.0 Å². The molecule has 2 nitrogen and oxygen atoms in total. The van der Waals surface area contributed by atoms with Crippen molar-refractivity contribution in [3.63, 3.8) is 0 Å². The zero-order chi connectivity index (χ0) is 10.1. The number of hydrogen-bond donors (Lipinski definition) is 2. The minimum absolute atomic E-state index is 0.831. The fraction of sp³-hybridized carbons (Fsp3) is 0.385. The van der Waals surface area contributed by atoms with E-state index in [4.69, 9.17) is 0 Å². The molecule has 0 bridgehead atoms. The van der Waals surface area contributed by atoms with E-state index in [0.717, 1.165) is 5.92 Å². The lowest BCUT2D eigenvalue weighted by Crippen LogP contribution is -2.10. The van der Waals surface area contributed by atoms with Gasteiger partial charge in [-0.25, -0.2) is 0 Å². The highest BCUT2D eigenvalue weighted by atomic mass is 14.9. The highest BCUT2D eigenvalue weighted by Crippen LogP contribution is 2.19. The molecule has 2 heterocycles. The Morgan fingerprint density at radius 3 is 3.13 bits per heavy atom. The number of benzene rings is 1. The van der Waals surface area contributed by atoms with Crippen LogP contribution in [0.5, 0.6) is 0 Å². The lowest BCUT2D eigenvalue weighted by Gasteiger charge is -2.07.